The van der Waals surface area contributed by atoms with Crippen molar-refractivity contribution in [2.75, 3.05) is 10.7 Å². The molecule has 94 valence electrons. The second-order valence-corrected chi connectivity index (χ2v) is 3.73. The second-order valence-electron chi connectivity index (χ2n) is 3.73. The number of nitrogens with one attached hydrogen (secondary N) is 2. The molecule has 0 radical (unpaired) electrons. The summed E-state index contributed by atoms with van der Waals surface area (Å²) in [4.78, 5) is 13.2. The Balaban J connectivity index is 2.16. The molecule has 4 N–H and O–H groups in total. The third kappa shape index (κ3) is 2.43. The number of nitrogens with two attached hydrogens (primary N) is 1. The van der Waals surface area contributed by atoms with E-state index in [0.717, 1.165) is 11.3 Å². The van der Waals surface area contributed by atoms with Crippen LogP contribution in [0.25, 0.3) is 0 Å². The first kappa shape index (κ1) is 12.0. The summed E-state index contributed by atoms with van der Waals surface area (Å²) in [6.07, 6.45) is 0. The van der Waals surface area contributed by atoms with Crippen LogP contribution < -0.4 is 16.6 Å². The van der Waals surface area contributed by atoms with Crippen molar-refractivity contribution in [1.82, 2.24) is 20.2 Å². The molecule has 2 aromatic rings. The molecule has 0 unspecified atom stereocenters. The van der Waals surface area contributed by atoms with Crippen molar-refractivity contribution in [3.63, 3.8) is 0 Å². The lowest BCUT2D eigenvalue weighted by Gasteiger charge is -2.06. The molecule has 1 aromatic carbocycles. The lowest BCUT2D eigenvalue weighted by molar-refractivity contribution is 0.102. The minimum Gasteiger partial charge on any atom is -0.324 e. The van der Waals surface area contributed by atoms with Crippen LogP contribution in [-0.2, 0) is 7.05 Å². The van der Waals surface area contributed by atoms with Gasteiger partial charge in [0.1, 0.15) is 0 Å². The normalized spacial score (nSPS) is 10.2. The van der Waals surface area contributed by atoms with E-state index in [-0.39, 0.29) is 11.9 Å². The Labute approximate surface area is 103 Å². The van der Waals surface area contributed by atoms with Crippen molar-refractivity contribution in [2.24, 2.45) is 12.9 Å². The first-order chi connectivity index (χ1) is 8.60. The van der Waals surface area contributed by atoms with Gasteiger partial charge in [-0.1, -0.05) is 5.10 Å². The molecule has 1 amide bonds. The molecule has 0 saturated heterocycles. The smallest absolute Gasteiger partial charge is 0.270 e. The second kappa shape index (κ2) is 4.80. The summed E-state index contributed by atoms with van der Waals surface area (Å²) in [5, 5.41) is 13.7. The zero-order valence-electron chi connectivity index (χ0n) is 10.0. The number of benzene rings is 1. The van der Waals surface area contributed by atoms with Crippen LogP contribution in [0.3, 0.4) is 0 Å². The van der Waals surface area contributed by atoms with Crippen LogP contribution in [-0.4, -0.2) is 26.1 Å². The Hall–Kier alpha value is -2.48. The molecule has 0 aliphatic carbocycles. The lowest BCUT2D eigenvalue weighted by Crippen LogP contribution is -2.14. The molecule has 2 rings (SSSR count). The summed E-state index contributed by atoms with van der Waals surface area (Å²) in [5.41, 5.74) is 4.68. The summed E-state index contributed by atoms with van der Waals surface area (Å²) in [7, 11) is 1.62. The number of hydrogen-bond donors (Lipinski definition) is 3. The number of tetrazole rings is 1. The SMILES string of the molecule is Cc1cc(C(=O)Nc2nnn(C)n2)ccc1NN. The van der Waals surface area contributed by atoms with Gasteiger partial charge in [0.05, 0.1) is 12.7 Å². The van der Waals surface area contributed by atoms with Crippen LogP contribution in [0.15, 0.2) is 18.2 Å². The van der Waals surface area contributed by atoms with E-state index in [2.05, 4.69) is 26.2 Å². The number of anilines is 2. The van der Waals surface area contributed by atoms with Gasteiger partial charge in [0, 0.05) is 5.56 Å². The minimum atomic E-state index is -0.297. The average molecular weight is 247 g/mol. The van der Waals surface area contributed by atoms with Crippen molar-refractivity contribution >= 4 is 17.5 Å². The fourth-order valence-electron chi connectivity index (χ4n) is 1.47. The highest BCUT2D eigenvalue weighted by Gasteiger charge is 2.10. The number of carbonyl (C=O) groups excluding carboxylic acids is 1. The molecular formula is C10H13N7O. The van der Waals surface area contributed by atoms with E-state index in [9.17, 15) is 4.79 Å². The molecular weight excluding hydrogens is 234 g/mol. The van der Waals surface area contributed by atoms with Crippen molar-refractivity contribution in [1.29, 1.82) is 0 Å². The predicted octanol–water partition coefficient (Wildman–Crippen LogP) is 0.0564. The molecule has 0 aliphatic heterocycles. The van der Waals surface area contributed by atoms with E-state index < -0.39 is 0 Å². The topological polar surface area (TPSA) is 111 Å². The van der Waals surface area contributed by atoms with E-state index in [0.29, 0.717) is 5.56 Å². The van der Waals surface area contributed by atoms with Crippen LogP contribution in [0.4, 0.5) is 11.6 Å². The van der Waals surface area contributed by atoms with Gasteiger partial charge in [-0.2, -0.15) is 4.80 Å². The Bertz CT molecular complexity index is 577. The fraction of sp³-hybridized carbons (Fsp3) is 0.200. The third-order valence-corrected chi connectivity index (χ3v) is 2.38. The van der Waals surface area contributed by atoms with Crippen LogP contribution in [0, 0.1) is 6.92 Å². The van der Waals surface area contributed by atoms with Gasteiger partial charge in [0.25, 0.3) is 11.9 Å². The summed E-state index contributed by atoms with van der Waals surface area (Å²) in [5.74, 6) is 5.19. The molecule has 0 aliphatic rings. The Morgan fingerprint density at radius 2 is 2.22 bits per heavy atom. The molecule has 1 aromatic heterocycles. The molecule has 0 fully saturated rings. The van der Waals surface area contributed by atoms with Gasteiger partial charge in [-0.05, 0) is 35.9 Å². The maximum absolute atomic E-state index is 11.9. The molecule has 0 saturated carbocycles. The Morgan fingerprint density at radius 3 is 2.78 bits per heavy atom. The largest absolute Gasteiger partial charge is 0.324 e. The maximum Gasteiger partial charge on any atom is 0.270 e. The summed E-state index contributed by atoms with van der Waals surface area (Å²) in [6.45, 7) is 1.85. The number of hydrazine groups is 1. The van der Waals surface area contributed by atoms with Gasteiger partial charge >= 0.3 is 0 Å². The number of rotatable bonds is 3. The highest BCUT2D eigenvalue weighted by atomic mass is 16.1. The molecule has 0 bridgehead atoms. The van der Waals surface area contributed by atoms with Gasteiger partial charge in [-0.15, -0.1) is 5.10 Å². The Morgan fingerprint density at radius 1 is 1.44 bits per heavy atom. The number of hydrogen-bond acceptors (Lipinski definition) is 6. The van der Waals surface area contributed by atoms with E-state index in [1.165, 1.54) is 4.80 Å². The number of aryl methyl sites for hydroxylation is 2. The van der Waals surface area contributed by atoms with Gasteiger partial charge < -0.3 is 5.43 Å². The third-order valence-electron chi connectivity index (χ3n) is 2.38. The van der Waals surface area contributed by atoms with Crippen LogP contribution in [0.1, 0.15) is 15.9 Å². The molecule has 0 spiro atoms. The molecule has 1 heterocycles. The number of aromatic nitrogens is 4. The van der Waals surface area contributed by atoms with Crippen molar-refractivity contribution in [2.45, 2.75) is 6.92 Å². The van der Waals surface area contributed by atoms with Crippen LogP contribution in [0.5, 0.6) is 0 Å². The van der Waals surface area contributed by atoms with Crippen molar-refractivity contribution in [3.8, 4) is 0 Å². The minimum absolute atomic E-state index is 0.168. The average Bonchev–Trinajstić information content (AvgIpc) is 2.74. The lowest BCUT2D eigenvalue weighted by atomic mass is 10.1. The highest BCUT2D eigenvalue weighted by molar-refractivity contribution is 6.03. The quantitative estimate of drug-likeness (QED) is 0.522. The van der Waals surface area contributed by atoms with Gasteiger partial charge in [0.2, 0.25) is 0 Å². The monoisotopic (exact) mass is 247 g/mol. The first-order valence-electron chi connectivity index (χ1n) is 5.23. The Kier molecular flexibility index (Phi) is 3.20. The van der Waals surface area contributed by atoms with Gasteiger partial charge in [-0.25, -0.2) is 0 Å². The summed E-state index contributed by atoms with van der Waals surface area (Å²) >= 11 is 0. The van der Waals surface area contributed by atoms with Gasteiger partial charge in [-0.3, -0.25) is 16.0 Å². The predicted molar refractivity (Wildman–Crippen MR) is 65.7 cm³/mol. The molecule has 8 nitrogen and oxygen atoms in total. The summed E-state index contributed by atoms with van der Waals surface area (Å²) < 4.78 is 0. The first-order valence-corrected chi connectivity index (χ1v) is 5.23. The number of amides is 1. The molecule has 18 heavy (non-hydrogen) atoms. The maximum atomic E-state index is 11.9. The van der Waals surface area contributed by atoms with Crippen molar-refractivity contribution < 1.29 is 4.79 Å². The number of carbonyl (C=O) groups is 1. The van der Waals surface area contributed by atoms with E-state index in [1.807, 2.05) is 6.92 Å². The highest BCUT2D eigenvalue weighted by Crippen LogP contribution is 2.15. The summed E-state index contributed by atoms with van der Waals surface area (Å²) in [6, 6.07) is 5.11. The number of nitrogens with zero attached hydrogens (tertiary/aromatic N) is 4. The van der Waals surface area contributed by atoms with Crippen LogP contribution >= 0.6 is 0 Å². The van der Waals surface area contributed by atoms with Crippen molar-refractivity contribution in [3.05, 3.63) is 29.3 Å². The van der Waals surface area contributed by atoms with Crippen LogP contribution in [0.2, 0.25) is 0 Å². The van der Waals surface area contributed by atoms with E-state index >= 15 is 0 Å². The molecule has 0 atom stereocenters. The van der Waals surface area contributed by atoms with Gasteiger partial charge in [0.15, 0.2) is 0 Å². The fourth-order valence-corrected chi connectivity index (χ4v) is 1.47. The van der Waals surface area contributed by atoms with E-state index in [4.69, 9.17) is 5.84 Å². The zero-order valence-corrected chi connectivity index (χ0v) is 10.0. The standard InChI is InChI=1S/C10H13N7O/c1-6-5-7(3-4-8(6)13-11)9(18)12-10-14-16-17(2)15-10/h3-5,13H,11H2,1-2H3,(H,12,15,18). The molecule has 8 heteroatoms. The number of nitrogen functional groups attached to an aromatic ring is 1. The van der Waals surface area contributed by atoms with E-state index in [1.54, 1.807) is 25.2 Å². The zero-order chi connectivity index (χ0) is 13.1.